The third-order valence-corrected chi connectivity index (χ3v) is 3.64. The van der Waals surface area contributed by atoms with Crippen molar-refractivity contribution in [2.45, 2.75) is 51.4 Å². The molecule has 1 N–H and O–H groups in total. The van der Waals surface area contributed by atoms with E-state index in [0.29, 0.717) is 25.3 Å². The Morgan fingerprint density at radius 2 is 1.95 bits per heavy atom. The third-order valence-electron chi connectivity index (χ3n) is 3.64. The van der Waals surface area contributed by atoms with Crippen LogP contribution in [0.2, 0.25) is 0 Å². The summed E-state index contributed by atoms with van der Waals surface area (Å²) in [7, 11) is 0. The molecule has 1 aromatic carbocycles. The van der Waals surface area contributed by atoms with E-state index in [9.17, 15) is 9.90 Å². The second-order valence-corrected chi connectivity index (χ2v) is 6.95. The van der Waals surface area contributed by atoms with Gasteiger partial charge in [0.05, 0.1) is 6.54 Å². The van der Waals surface area contributed by atoms with Gasteiger partial charge in [-0.2, -0.15) is 0 Å². The number of aliphatic hydroxyl groups is 1. The number of carbonyl (C=O) groups is 1. The lowest BCUT2D eigenvalue weighted by Gasteiger charge is -2.42. The fourth-order valence-corrected chi connectivity index (χ4v) is 2.33. The largest absolute Gasteiger partial charge is 0.486 e. The standard InChI is InChI=1S/C17H25NO4/c1-16(2,3)22-15(19)18-11-10-17(4,20)14(12-18)21-13-8-6-5-7-9-13/h5-9,14,20H,10-12H2,1-4H3/t14-,17-/m0/s1. The summed E-state index contributed by atoms with van der Waals surface area (Å²) < 4.78 is 11.3. The van der Waals surface area contributed by atoms with Gasteiger partial charge in [-0.25, -0.2) is 4.79 Å². The zero-order valence-corrected chi connectivity index (χ0v) is 13.7. The van der Waals surface area contributed by atoms with Crippen LogP contribution in [0.1, 0.15) is 34.1 Å². The Labute approximate surface area is 131 Å². The van der Waals surface area contributed by atoms with Crippen molar-refractivity contribution in [2.75, 3.05) is 13.1 Å². The van der Waals surface area contributed by atoms with Crippen molar-refractivity contribution < 1.29 is 19.4 Å². The van der Waals surface area contributed by atoms with Crippen LogP contribution in [-0.4, -0.2) is 46.5 Å². The molecule has 0 aromatic heterocycles. The Hall–Kier alpha value is -1.75. The van der Waals surface area contributed by atoms with Crippen LogP contribution in [0.3, 0.4) is 0 Å². The summed E-state index contributed by atoms with van der Waals surface area (Å²) in [5.74, 6) is 0.679. The van der Waals surface area contributed by atoms with E-state index in [-0.39, 0.29) is 6.09 Å². The van der Waals surface area contributed by atoms with Gasteiger partial charge >= 0.3 is 6.09 Å². The summed E-state index contributed by atoms with van der Waals surface area (Å²) in [6.45, 7) is 8.01. The molecule has 0 aliphatic carbocycles. The number of carbonyl (C=O) groups excluding carboxylic acids is 1. The summed E-state index contributed by atoms with van der Waals surface area (Å²) in [6, 6.07) is 9.32. The van der Waals surface area contributed by atoms with E-state index < -0.39 is 17.3 Å². The molecule has 0 spiro atoms. The number of hydrogen-bond donors (Lipinski definition) is 1. The van der Waals surface area contributed by atoms with Crippen LogP contribution in [0, 0.1) is 0 Å². The van der Waals surface area contributed by atoms with Crippen LogP contribution in [0.5, 0.6) is 5.75 Å². The van der Waals surface area contributed by atoms with Gasteiger partial charge in [0.25, 0.3) is 0 Å². The van der Waals surface area contributed by atoms with Gasteiger partial charge in [-0.05, 0) is 46.2 Å². The SMILES string of the molecule is CC(C)(C)OC(=O)N1CC[C@](C)(O)[C@@H](Oc2ccccc2)C1. The van der Waals surface area contributed by atoms with E-state index in [0.717, 1.165) is 0 Å². The molecule has 1 aliphatic heterocycles. The molecule has 22 heavy (non-hydrogen) atoms. The van der Waals surface area contributed by atoms with Gasteiger partial charge in [0, 0.05) is 6.54 Å². The van der Waals surface area contributed by atoms with Crippen molar-refractivity contribution in [3.05, 3.63) is 30.3 Å². The molecule has 2 rings (SSSR count). The van der Waals surface area contributed by atoms with Gasteiger partial charge in [-0.15, -0.1) is 0 Å². The highest BCUT2D eigenvalue weighted by Gasteiger charge is 2.41. The molecule has 1 heterocycles. The highest BCUT2D eigenvalue weighted by molar-refractivity contribution is 5.68. The number of nitrogens with zero attached hydrogens (tertiary/aromatic N) is 1. The number of benzene rings is 1. The minimum absolute atomic E-state index is 0.302. The maximum absolute atomic E-state index is 12.2. The minimum Gasteiger partial charge on any atom is -0.486 e. The van der Waals surface area contributed by atoms with E-state index in [2.05, 4.69) is 0 Å². The van der Waals surface area contributed by atoms with Crippen molar-refractivity contribution in [2.24, 2.45) is 0 Å². The van der Waals surface area contributed by atoms with Gasteiger partial charge in [-0.1, -0.05) is 18.2 Å². The lowest BCUT2D eigenvalue weighted by molar-refractivity contribution is -0.0949. The van der Waals surface area contributed by atoms with Crippen LogP contribution in [0.25, 0.3) is 0 Å². The average molecular weight is 307 g/mol. The number of para-hydroxylation sites is 1. The first kappa shape index (κ1) is 16.6. The zero-order valence-electron chi connectivity index (χ0n) is 13.7. The van der Waals surface area contributed by atoms with Gasteiger partial charge < -0.3 is 19.5 Å². The number of hydrogen-bond acceptors (Lipinski definition) is 4. The molecule has 122 valence electrons. The predicted octanol–water partition coefficient (Wildman–Crippen LogP) is 2.83. The van der Waals surface area contributed by atoms with Crippen LogP contribution in [0.15, 0.2) is 30.3 Å². The molecule has 5 nitrogen and oxygen atoms in total. The summed E-state index contributed by atoms with van der Waals surface area (Å²) in [5.41, 5.74) is -1.51. The van der Waals surface area contributed by atoms with Crippen molar-refractivity contribution in [3.63, 3.8) is 0 Å². The molecule has 0 unspecified atom stereocenters. The molecule has 1 aliphatic rings. The molecule has 0 saturated carbocycles. The lowest BCUT2D eigenvalue weighted by Crippen LogP contribution is -2.58. The molecule has 2 atom stereocenters. The minimum atomic E-state index is -0.978. The van der Waals surface area contributed by atoms with E-state index in [1.807, 2.05) is 51.1 Å². The zero-order chi connectivity index (χ0) is 16.4. The van der Waals surface area contributed by atoms with Crippen molar-refractivity contribution in [1.82, 2.24) is 4.90 Å². The van der Waals surface area contributed by atoms with Gasteiger partial charge in [0.1, 0.15) is 23.1 Å². The maximum Gasteiger partial charge on any atom is 0.410 e. The maximum atomic E-state index is 12.2. The van der Waals surface area contributed by atoms with Gasteiger partial charge in [0.2, 0.25) is 0 Å². The monoisotopic (exact) mass is 307 g/mol. The molecule has 0 radical (unpaired) electrons. The molecule has 0 bridgehead atoms. The summed E-state index contributed by atoms with van der Waals surface area (Å²) in [5, 5.41) is 10.5. The highest BCUT2D eigenvalue weighted by atomic mass is 16.6. The van der Waals surface area contributed by atoms with Crippen LogP contribution >= 0.6 is 0 Å². The van der Waals surface area contributed by atoms with Crippen LogP contribution in [-0.2, 0) is 4.74 Å². The molecule has 5 heteroatoms. The number of amides is 1. The fourth-order valence-electron chi connectivity index (χ4n) is 2.33. The Kier molecular flexibility index (Phi) is 4.66. The smallest absolute Gasteiger partial charge is 0.410 e. The first-order valence-electron chi connectivity index (χ1n) is 7.59. The van der Waals surface area contributed by atoms with Crippen LogP contribution in [0.4, 0.5) is 4.79 Å². The van der Waals surface area contributed by atoms with Crippen LogP contribution < -0.4 is 4.74 Å². The number of rotatable bonds is 2. The Morgan fingerprint density at radius 3 is 2.55 bits per heavy atom. The number of likely N-dealkylation sites (tertiary alicyclic amines) is 1. The molecular formula is C17H25NO4. The average Bonchev–Trinajstić information content (AvgIpc) is 2.40. The van der Waals surface area contributed by atoms with Gasteiger partial charge in [-0.3, -0.25) is 0 Å². The number of ether oxygens (including phenoxy) is 2. The predicted molar refractivity (Wildman–Crippen MR) is 83.9 cm³/mol. The van der Waals surface area contributed by atoms with Gasteiger partial charge in [0.15, 0.2) is 0 Å². The Morgan fingerprint density at radius 1 is 1.32 bits per heavy atom. The number of piperidine rings is 1. The molecule has 1 saturated heterocycles. The van der Waals surface area contributed by atoms with E-state index >= 15 is 0 Å². The second kappa shape index (κ2) is 6.16. The molecule has 1 fully saturated rings. The van der Waals surface area contributed by atoms with E-state index in [1.165, 1.54) is 0 Å². The van der Waals surface area contributed by atoms with Crippen molar-refractivity contribution in [3.8, 4) is 5.75 Å². The third kappa shape index (κ3) is 4.37. The Balaban J connectivity index is 2.05. The topological polar surface area (TPSA) is 59.0 Å². The van der Waals surface area contributed by atoms with E-state index in [4.69, 9.17) is 9.47 Å². The molecular weight excluding hydrogens is 282 g/mol. The quantitative estimate of drug-likeness (QED) is 0.913. The molecule has 1 aromatic rings. The Bertz CT molecular complexity index is 507. The first-order chi connectivity index (χ1) is 10.2. The summed E-state index contributed by atoms with van der Waals surface area (Å²) >= 11 is 0. The fraction of sp³-hybridized carbons (Fsp3) is 0.588. The first-order valence-corrected chi connectivity index (χ1v) is 7.59. The van der Waals surface area contributed by atoms with Crippen molar-refractivity contribution in [1.29, 1.82) is 0 Å². The van der Waals surface area contributed by atoms with E-state index in [1.54, 1.807) is 11.8 Å². The summed E-state index contributed by atoms with van der Waals surface area (Å²) in [6.07, 6.45) is -0.412. The summed E-state index contributed by atoms with van der Waals surface area (Å²) in [4.78, 5) is 13.8. The normalized spacial score (nSPS) is 25.7. The lowest BCUT2D eigenvalue weighted by atomic mass is 9.90. The molecule has 1 amide bonds. The van der Waals surface area contributed by atoms with Crippen molar-refractivity contribution >= 4 is 6.09 Å². The second-order valence-electron chi connectivity index (χ2n) is 6.95. The highest BCUT2D eigenvalue weighted by Crippen LogP contribution is 2.27.